The highest BCUT2D eigenvalue weighted by Gasteiger charge is 2.30. The zero-order chi connectivity index (χ0) is 22.5. The minimum absolute atomic E-state index is 0.349. The average molecular weight is 435 g/mol. The highest BCUT2D eigenvalue weighted by atomic mass is 19.4. The van der Waals surface area contributed by atoms with Gasteiger partial charge in [-0.25, -0.2) is 0 Å². The van der Waals surface area contributed by atoms with Crippen molar-refractivity contribution in [3.05, 3.63) is 65.2 Å². The number of unbranched alkanes of at least 4 members (excludes halogenated alkanes) is 7. The predicted molar refractivity (Wildman–Crippen MR) is 121 cm³/mol. The Balaban J connectivity index is 1.84. The van der Waals surface area contributed by atoms with Crippen LogP contribution in [0.2, 0.25) is 0 Å². The Kier molecular flexibility index (Phi) is 10.6. The topological polar surface area (TPSA) is 29.5 Å². The maximum Gasteiger partial charge on any atom is 0.416 e. The Labute approximate surface area is 183 Å². The molecule has 0 radical (unpaired) electrons. The van der Waals surface area contributed by atoms with Crippen molar-refractivity contribution in [2.24, 2.45) is 0 Å². The third-order valence-corrected chi connectivity index (χ3v) is 5.22. The van der Waals surface area contributed by atoms with Gasteiger partial charge in [0.1, 0.15) is 5.75 Å². The SMILES string of the molecule is CCCCCCCCCCOc1ccc(C=C(CO)c2cccc(C(F)(F)F)c2)cc1. The van der Waals surface area contributed by atoms with Gasteiger partial charge in [-0.3, -0.25) is 0 Å². The molecule has 0 bridgehead atoms. The van der Waals surface area contributed by atoms with Gasteiger partial charge in [0.2, 0.25) is 0 Å². The van der Waals surface area contributed by atoms with E-state index in [9.17, 15) is 18.3 Å². The van der Waals surface area contributed by atoms with Crippen LogP contribution in [0.15, 0.2) is 48.5 Å². The van der Waals surface area contributed by atoms with Crippen LogP contribution in [0.4, 0.5) is 13.2 Å². The van der Waals surface area contributed by atoms with Crippen LogP contribution >= 0.6 is 0 Å². The van der Waals surface area contributed by atoms with Crippen molar-refractivity contribution in [3.63, 3.8) is 0 Å². The summed E-state index contributed by atoms with van der Waals surface area (Å²) in [4.78, 5) is 0. The molecule has 0 aliphatic rings. The smallest absolute Gasteiger partial charge is 0.416 e. The lowest BCUT2D eigenvalue weighted by molar-refractivity contribution is -0.137. The van der Waals surface area contributed by atoms with E-state index in [0.29, 0.717) is 17.7 Å². The number of hydrogen-bond acceptors (Lipinski definition) is 2. The molecule has 0 saturated carbocycles. The molecule has 0 heterocycles. The summed E-state index contributed by atoms with van der Waals surface area (Å²) >= 11 is 0. The van der Waals surface area contributed by atoms with Crippen molar-refractivity contribution in [2.75, 3.05) is 13.2 Å². The number of hydrogen-bond donors (Lipinski definition) is 1. The number of rotatable bonds is 13. The van der Waals surface area contributed by atoms with E-state index in [1.54, 1.807) is 12.1 Å². The molecule has 1 N–H and O–H groups in total. The number of benzene rings is 2. The summed E-state index contributed by atoms with van der Waals surface area (Å²) in [7, 11) is 0. The first-order valence-corrected chi connectivity index (χ1v) is 11.2. The largest absolute Gasteiger partial charge is 0.494 e. The monoisotopic (exact) mass is 434 g/mol. The standard InChI is InChI=1S/C26H33F3O2/c1-2-3-4-5-6-7-8-9-17-31-25-15-13-21(14-16-25)18-23(20-30)22-11-10-12-24(19-22)26(27,28)29/h10-16,18-19,30H,2-9,17,20H2,1H3. The number of alkyl halides is 3. The van der Waals surface area contributed by atoms with E-state index >= 15 is 0 Å². The molecular weight excluding hydrogens is 401 g/mol. The van der Waals surface area contributed by atoms with E-state index in [-0.39, 0.29) is 6.61 Å². The van der Waals surface area contributed by atoms with Crippen LogP contribution < -0.4 is 4.74 Å². The van der Waals surface area contributed by atoms with Crippen LogP contribution in [0.1, 0.15) is 75.0 Å². The Hall–Kier alpha value is -2.27. The molecule has 0 unspecified atom stereocenters. The maximum absolute atomic E-state index is 12.9. The second kappa shape index (κ2) is 13.2. The van der Waals surface area contributed by atoms with Crippen molar-refractivity contribution in [1.82, 2.24) is 0 Å². The third kappa shape index (κ3) is 9.18. The molecule has 2 nitrogen and oxygen atoms in total. The molecule has 0 aromatic heterocycles. The van der Waals surface area contributed by atoms with E-state index in [2.05, 4.69) is 6.92 Å². The van der Waals surface area contributed by atoms with Crippen LogP contribution in [-0.4, -0.2) is 18.3 Å². The fraction of sp³-hybridized carbons (Fsp3) is 0.462. The Bertz CT molecular complexity index is 795. The zero-order valence-corrected chi connectivity index (χ0v) is 18.3. The van der Waals surface area contributed by atoms with E-state index in [0.717, 1.165) is 29.9 Å². The number of ether oxygens (including phenoxy) is 1. The maximum atomic E-state index is 12.9. The average Bonchev–Trinajstić information content (AvgIpc) is 2.77. The third-order valence-electron chi connectivity index (χ3n) is 5.22. The fourth-order valence-electron chi connectivity index (χ4n) is 3.40. The first-order chi connectivity index (χ1) is 14.9. The molecule has 0 atom stereocenters. The second-order valence-electron chi connectivity index (χ2n) is 7.80. The van der Waals surface area contributed by atoms with Gasteiger partial charge in [0.05, 0.1) is 18.8 Å². The molecule has 0 amide bonds. The van der Waals surface area contributed by atoms with Crippen LogP contribution in [0.3, 0.4) is 0 Å². The summed E-state index contributed by atoms with van der Waals surface area (Å²) < 4.78 is 44.6. The summed E-state index contributed by atoms with van der Waals surface area (Å²) in [5.74, 6) is 0.768. The summed E-state index contributed by atoms with van der Waals surface area (Å²) in [6.07, 6.45) is 7.27. The first-order valence-electron chi connectivity index (χ1n) is 11.2. The molecule has 5 heteroatoms. The highest BCUT2D eigenvalue weighted by molar-refractivity contribution is 5.82. The van der Waals surface area contributed by atoms with Gasteiger partial charge in [-0.2, -0.15) is 13.2 Å². The van der Waals surface area contributed by atoms with Crippen molar-refractivity contribution >= 4 is 11.6 Å². The molecule has 0 aliphatic carbocycles. The van der Waals surface area contributed by atoms with E-state index in [1.165, 1.54) is 51.0 Å². The van der Waals surface area contributed by atoms with Crippen molar-refractivity contribution in [2.45, 2.75) is 64.5 Å². The van der Waals surface area contributed by atoms with Gasteiger partial charge in [0, 0.05) is 0 Å². The molecule has 2 aromatic carbocycles. The molecule has 0 spiro atoms. The minimum atomic E-state index is -4.41. The lowest BCUT2D eigenvalue weighted by Crippen LogP contribution is -2.05. The van der Waals surface area contributed by atoms with E-state index in [1.807, 2.05) is 24.3 Å². The molecule has 2 aromatic rings. The summed E-state index contributed by atoms with van der Waals surface area (Å²) in [6.45, 7) is 2.55. The Morgan fingerprint density at radius 2 is 1.55 bits per heavy atom. The van der Waals surface area contributed by atoms with Crippen LogP contribution in [-0.2, 0) is 6.18 Å². The van der Waals surface area contributed by atoms with Crippen LogP contribution in [0, 0.1) is 0 Å². The van der Waals surface area contributed by atoms with E-state index < -0.39 is 11.7 Å². The number of aliphatic hydroxyl groups is 1. The molecule has 0 aliphatic heterocycles. The molecular formula is C26H33F3O2. The Morgan fingerprint density at radius 3 is 2.16 bits per heavy atom. The van der Waals surface area contributed by atoms with Crippen LogP contribution in [0.5, 0.6) is 5.75 Å². The van der Waals surface area contributed by atoms with Crippen LogP contribution in [0.25, 0.3) is 11.6 Å². The normalized spacial score (nSPS) is 12.2. The van der Waals surface area contributed by atoms with Crippen molar-refractivity contribution in [1.29, 1.82) is 0 Å². The molecule has 0 saturated heterocycles. The first kappa shape index (κ1) is 25.0. The number of aliphatic hydroxyl groups excluding tert-OH is 1. The van der Waals surface area contributed by atoms with Gasteiger partial charge in [-0.15, -0.1) is 0 Å². The van der Waals surface area contributed by atoms with Gasteiger partial charge >= 0.3 is 6.18 Å². The van der Waals surface area contributed by atoms with Gasteiger partial charge in [0.15, 0.2) is 0 Å². The van der Waals surface area contributed by atoms with E-state index in [4.69, 9.17) is 4.74 Å². The second-order valence-corrected chi connectivity index (χ2v) is 7.80. The lowest BCUT2D eigenvalue weighted by atomic mass is 10.0. The van der Waals surface area contributed by atoms with Gasteiger partial charge in [-0.05, 0) is 53.5 Å². The summed E-state index contributed by atoms with van der Waals surface area (Å²) in [6, 6.07) is 12.4. The predicted octanol–water partition coefficient (Wildman–Crippen LogP) is 7.76. The number of halogens is 3. The molecule has 0 fully saturated rings. The lowest BCUT2D eigenvalue weighted by Gasteiger charge is -2.11. The van der Waals surface area contributed by atoms with Gasteiger partial charge in [-0.1, -0.05) is 76.1 Å². The zero-order valence-electron chi connectivity index (χ0n) is 18.3. The quantitative estimate of drug-likeness (QED) is 0.258. The van der Waals surface area contributed by atoms with Gasteiger partial charge in [0.25, 0.3) is 0 Å². The summed E-state index contributed by atoms with van der Waals surface area (Å²) in [5, 5.41) is 9.66. The highest BCUT2D eigenvalue weighted by Crippen LogP contribution is 2.31. The minimum Gasteiger partial charge on any atom is -0.494 e. The molecule has 2 rings (SSSR count). The molecule has 31 heavy (non-hydrogen) atoms. The van der Waals surface area contributed by atoms with Crippen molar-refractivity contribution < 1.29 is 23.0 Å². The summed E-state index contributed by atoms with van der Waals surface area (Å²) in [5.41, 5.74) is 0.848. The van der Waals surface area contributed by atoms with Crippen molar-refractivity contribution in [3.8, 4) is 5.75 Å². The Morgan fingerprint density at radius 1 is 0.903 bits per heavy atom. The fourth-order valence-corrected chi connectivity index (χ4v) is 3.40. The van der Waals surface area contributed by atoms with Gasteiger partial charge < -0.3 is 9.84 Å². The molecule has 170 valence electrons.